The molecule has 1 N–H and O–H groups in total. The van der Waals surface area contributed by atoms with Gasteiger partial charge in [0.25, 0.3) is 0 Å². The Hall–Kier alpha value is -1.71. The van der Waals surface area contributed by atoms with Crippen molar-refractivity contribution in [3.63, 3.8) is 0 Å². The van der Waals surface area contributed by atoms with Crippen molar-refractivity contribution in [2.45, 2.75) is 19.4 Å². The third kappa shape index (κ3) is 3.46. The summed E-state index contributed by atoms with van der Waals surface area (Å²) in [5.74, 6) is 0.679. The van der Waals surface area contributed by atoms with Gasteiger partial charge in [0.1, 0.15) is 5.75 Å². The Labute approximate surface area is 94.3 Å². The van der Waals surface area contributed by atoms with Crippen molar-refractivity contribution in [3.8, 4) is 5.75 Å². The normalized spacial score (nSPS) is 11.6. The molecule has 0 amide bonds. The number of hydrogen-bond acceptors (Lipinski definition) is 3. The molecular formula is C11H15N3O2. The van der Waals surface area contributed by atoms with Gasteiger partial charge in [-0.3, -0.25) is 0 Å². The molecule has 0 saturated carbocycles. The molecule has 0 spiro atoms. The van der Waals surface area contributed by atoms with Crippen LogP contribution in [0, 0.1) is 0 Å². The third-order valence-corrected chi connectivity index (χ3v) is 2.14. The van der Waals surface area contributed by atoms with Crippen molar-refractivity contribution in [2.75, 3.05) is 13.2 Å². The van der Waals surface area contributed by atoms with Gasteiger partial charge in [0, 0.05) is 17.0 Å². The van der Waals surface area contributed by atoms with Crippen molar-refractivity contribution < 1.29 is 9.84 Å². The Bertz CT molecular complexity index is 375. The first kappa shape index (κ1) is 12.4. The summed E-state index contributed by atoms with van der Waals surface area (Å²) in [6.45, 7) is 2.72. The number of para-hydroxylation sites is 1. The highest BCUT2D eigenvalue weighted by atomic mass is 16.5. The van der Waals surface area contributed by atoms with E-state index in [-0.39, 0.29) is 6.54 Å². The van der Waals surface area contributed by atoms with Crippen LogP contribution in [-0.2, 0) is 0 Å². The highest BCUT2D eigenvalue weighted by molar-refractivity contribution is 5.35. The Balaban J connectivity index is 2.72. The summed E-state index contributed by atoms with van der Waals surface area (Å²) in [5, 5.41) is 13.3. The van der Waals surface area contributed by atoms with Gasteiger partial charge in [-0.05, 0) is 24.9 Å². The highest BCUT2D eigenvalue weighted by Gasteiger charge is 2.11. The standard InChI is InChI=1S/C11H15N3O2/c1-2-16-11-6-4-3-5-9(11)10(15)7-8-13-14-12/h3-6,10,15H,2,7-8H2,1H3. The smallest absolute Gasteiger partial charge is 0.125 e. The summed E-state index contributed by atoms with van der Waals surface area (Å²) < 4.78 is 5.40. The lowest BCUT2D eigenvalue weighted by atomic mass is 10.1. The maximum absolute atomic E-state index is 9.89. The summed E-state index contributed by atoms with van der Waals surface area (Å²) in [5.41, 5.74) is 8.87. The van der Waals surface area contributed by atoms with Crippen molar-refractivity contribution in [2.24, 2.45) is 5.11 Å². The summed E-state index contributed by atoms with van der Waals surface area (Å²) in [7, 11) is 0. The van der Waals surface area contributed by atoms with E-state index < -0.39 is 6.10 Å². The zero-order valence-corrected chi connectivity index (χ0v) is 9.21. The van der Waals surface area contributed by atoms with Crippen LogP contribution in [0.15, 0.2) is 29.4 Å². The largest absolute Gasteiger partial charge is 0.493 e. The number of azide groups is 1. The van der Waals surface area contributed by atoms with E-state index in [0.717, 1.165) is 5.56 Å². The van der Waals surface area contributed by atoms with Crippen molar-refractivity contribution in [1.82, 2.24) is 0 Å². The lowest BCUT2D eigenvalue weighted by Gasteiger charge is -2.14. The topological polar surface area (TPSA) is 78.2 Å². The molecule has 1 aromatic carbocycles. The molecular weight excluding hydrogens is 206 g/mol. The second-order valence-electron chi connectivity index (χ2n) is 3.23. The van der Waals surface area contributed by atoms with Crippen LogP contribution in [0.3, 0.4) is 0 Å². The molecule has 1 aromatic rings. The van der Waals surface area contributed by atoms with E-state index in [1.165, 1.54) is 0 Å². The zero-order chi connectivity index (χ0) is 11.8. The molecule has 0 radical (unpaired) electrons. The SMILES string of the molecule is CCOc1ccccc1C(O)CCN=[N+]=[N-]. The highest BCUT2D eigenvalue weighted by Crippen LogP contribution is 2.26. The Morgan fingerprint density at radius 3 is 2.94 bits per heavy atom. The van der Waals surface area contributed by atoms with Crippen molar-refractivity contribution >= 4 is 0 Å². The summed E-state index contributed by atoms with van der Waals surface area (Å²) >= 11 is 0. The lowest BCUT2D eigenvalue weighted by Crippen LogP contribution is -2.03. The van der Waals surface area contributed by atoms with Gasteiger partial charge >= 0.3 is 0 Å². The molecule has 0 saturated heterocycles. The molecule has 0 aliphatic rings. The van der Waals surface area contributed by atoms with Crippen LogP contribution in [0.1, 0.15) is 25.0 Å². The summed E-state index contributed by atoms with van der Waals surface area (Å²) in [6.07, 6.45) is -0.262. The molecule has 5 nitrogen and oxygen atoms in total. The van der Waals surface area contributed by atoms with E-state index in [1.54, 1.807) is 0 Å². The Morgan fingerprint density at radius 1 is 1.50 bits per heavy atom. The molecule has 0 heterocycles. The van der Waals surface area contributed by atoms with Crippen molar-refractivity contribution in [1.29, 1.82) is 0 Å². The van der Waals surface area contributed by atoms with E-state index in [0.29, 0.717) is 18.8 Å². The van der Waals surface area contributed by atoms with Gasteiger partial charge < -0.3 is 9.84 Å². The first-order valence-electron chi connectivity index (χ1n) is 5.20. The van der Waals surface area contributed by atoms with E-state index in [2.05, 4.69) is 10.0 Å². The lowest BCUT2D eigenvalue weighted by molar-refractivity contribution is 0.164. The number of hydrogen-bond donors (Lipinski definition) is 1. The van der Waals surface area contributed by atoms with E-state index >= 15 is 0 Å². The van der Waals surface area contributed by atoms with Gasteiger partial charge in [0.05, 0.1) is 12.7 Å². The molecule has 0 aliphatic carbocycles. The summed E-state index contributed by atoms with van der Waals surface area (Å²) in [6, 6.07) is 7.32. The predicted molar refractivity (Wildman–Crippen MR) is 61.2 cm³/mol. The van der Waals surface area contributed by atoms with Crippen LogP contribution in [0.4, 0.5) is 0 Å². The molecule has 1 unspecified atom stereocenters. The first-order valence-corrected chi connectivity index (χ1v) is 5.20. The molecule has 5 heteroatoms. The van der Waals surface area contributed by atoms with Crippen molar-refractivity contribution in [3.05, 3.63) is 40.3 Å². The second-order valence-corrected chi connectivity index (χ2v) is 3.23. The number of rotatable bonds is 6. The number of aliphatic hydroxyl groups excluding tert-OH is 1. The maximum atomic E-state index is 9.89. The molecule has 1 atom stereocenters. The van der Waals surface area contributed by atoms with Gasteiger partial charge in [-0.1, -0.05) is 23.3 Å². The molecule has 1 rings (SSSR count). The van der Waals surface area contributed by atoms with Crippen LogP contribution in [0.2, 0.25) is 0 Å². The third-order valence-electron chi connectivity index (χ3n) is 2.14. The number of ether oxygens (including phenoxy) is 1. The van der Waals surface area contributed by atoms with Gasteiger partial charge in [0.2, 0.25) is 0 Å². The fourth-order valence-electron chi connectivity index (χ4n) is 1.42. The van der Waals surface area contributed by atoms with Crippen LogP contribution in [-0.4, -0.2) is 18.3 Å². The Morgan fingerprint density at radius 2 is 2.25 bits per heavy atom. The summed E-state index contributed by atoms with van der Waals surface area (Å²) in [4.78, 5) is 2.64. The Kier molecular flexibility index (Phi) is 5.19. The quantitative estimate of drug-likeness (QED) is 0.455. The van der Waals surface area contributed by atoms with E-state index in [9.17, 15) is 5.11 Å². The molecule has 0 bridgehead atoms. The number of benzene rings is 1. The number of aliphatic hydroxyl groups is 1. The fourth-order valence-corrected chi connectivity index (χ4v) is 1.42. The van der Waals surface area contributed by atoms with Crippen LogP contribution in [0.5, 0.6) is 5.75 Å². The molecule has 0 aromatic heterocycles. The molecule has 86 valence electrons. The average molecular weight is 221 g/mol. The van der Waals surface area contributed by atoms with Gasteiger partial charge in [-0.15, -0.1) is 0 Å². The monoisotopic (exact) mass is 221 g/mol. The minimum atomic E-state index is -0.659. The zero-order valence-electron chi connectivity index (χ0n) is 9.21. The first-order chi connectivity index (χ1) is 7.79. The minimum absolute atomic E-state index is 0.276. The average Bonchev–Trinajstić information content (AvgIpc) is 2.30. The predicted octanol–water partition coefficient (Wildman–Crippen LogP) is 2.82. The minimum Gasteiger partial charge on any atom is -0.493 e. The van der Waals surface area contributed by atoms with Gasteiger partial charge in [-0.25, -0.2) is 0 Å². The molecule has 16 heavy (non-hydrogen) atoms. The van der Waals surface area contributed by atoms with Crippen LogP contribution < -0.4 is 4.74 Å². The van der Waals surface area contributed by atoms with Crippen LogP contribution >= 0.6 is 0 Å². The molecule has 0 fully saturated rings. The molecule has 0 aliphatic heterocycles. The fraction of sp³-hybridized carbons (Fsp3) is 0.455. The van der Waals surface area contributed by atoms with E-state index in [4.69, 9.17) is 10.3 Å². The van der Waals surface area contributed by atoms with Crippen LogP contribution in [0.25, 0.3) is 10.4 Å². The second kappa shape index (κ2) is 6.71. The maximum Gasteiger partial charge on any atom is 0.125 e. The number of nitrogens with zero attached hydrogens (tertiary/aromatic N) is 3. The van der Waals surface area contributed by atoms with Gasteiger partial charge in [0.15, 0.2) is 0 Å². The van der Waals surface area contributed by atoms with Gasteiger partial charge in [-0.2, -0.15) is 0 Å². The van der Waals surface area contributed by atoms with E-state index in [1.807, 2.05) is 31.2 Å².